The van der Waals surface area contributed by atoms with Crippen molar-refractivity contribution in [1.29, 1.82) is 0 Å². The lowest BCUT2D eigenvalue weighted by atomic mass is 9.58. The van der Waals surface area contributed by atoms with Crippen LogP contribution in [0.15, 0.2) is 168 Å². The van der Waals surface area contributed by atoms with Gasteiger partial charge in [0.2, 0.25) is 5.71 Å². The van der Waals surface area contributed by atoms with Gasteiger partial charge < -0.3 is 9.73 Å². The normalized spacial score (nSPS) is 13.6. The number of nitrogens with zero attached hydrogens (tertiary/aromatic N) is 1. The fourth-order valence-electron chi connectivity index (χ4n) is 9.80. The molecule has 0 spiro atoms. The standard InChI is InChI=1S/C51H35BN2O/c1-51(2)39-20-10-8-17-35(39)46-40(51)29-43-48(52-41-21-12-19-37-45-36-18-9-11-22-44(36)55-50(45)54(43)49(37)41)47(46)38-27-32-15-6-7-16-33(32)28-42(38)53-34-25-23-31(24-26-34)30-13-4-3-5-14-30/h3-29,52-53H,1-2H3. The van der Waals surface area contributed by atoms with E-state index in [-0.39, 0.29) is 5.41 Å². The Labute approximate surface area is 319 Å². The second-order valence-electron chi connectivity index (χ2n) is 15.8. The van der Waals surface area contributed by atoms with E-state index < -0.39 is 0 Å². The van der Waals surface area contributed by atoms with Gasteiger partial charge in [-0.15, -0.1) is 0 Å². The molecule has 258 valence electrons. The summed E-state index contributed by atoms with van der Waals surface area (Å²) < 4.78 is 9.28. The van der Waals surface area contributed by atoms with E-state index in [1.54, 1.807) is 0 Å². The zero-order valence-corrected chi connectivity index (χ0v) is 30.7. The Balaban J connectivity index is 1.17. The summed E-state index contributed by atoms with van der Waals surface area (Å²) in [5.74, 6) is 0. The highest BCUT2D eigenvalue weighted by Crippen LogP contribution is 2.54. The van der Waals surface area contributed by atoms with Gasteiger partial charge in [-0.1, -0.05) is 147 Å². The Kier molecular flexibility index (Phi) is 6.20. The minimum Gasteiger partial charge on any atom is -0.439 e. The molecule has 0 bridgehead atoms. The van der Waals surface area contributed by atoms with Gasteiger partial charge in [-0.3, -0.25) is 4.57 Å². The second-order valence-corrected chi connectivity index (χ2v) is 15.8. The van der Waals surface area contributed by atoms with Gasteiger partial charge >= 0.3 is 0 Å². The molecular weight excluding hydrogens is 667 g/mol. The molecular formula is C51H35BN2O. The summed E-state index contributed by atoms with van der Waals surface area (Å²) in [5, 5.41) is 9.97. The highest BCUT2D eigenvalue weighted by molar-refractivity contribution is 6.73. The average Bonchev–Trinajstić information content (AvgIpc) is 3.84. The van der Waals surface area contributed by atoms with Gasteiger partial charge in [0.05, 0.1) is 10.9 Å². The summed E-state index contributed by atoms with van der Waals surface area (Å²) in [7, 11) is 0.820. The quantitative estimate of drug-likeness (QED) is 0.185. The topological polar surface area (TPSA) is 30.1 Å². The molecule has 2 aliphatic rings. The van der Waals surface area contributed by atoms with Crippen molar-refractivity contribution in [2.45, 2.75) is 19.3 Å². The second kappa shape index (κ2) is 11.1. The number of furan rings is 1. The predicted octanol–water partition coefficient (Wildman–Crippen LogP) is 11.8. The molecule has 55 heavy (non-hydrogen) atoms. The van der Waals surface area contributed by atoms with E-state index in [0.717, 1.165) is 35.3 Å². The number of anilines is 2. The minimum absolute atomic E-state index is 0.205. The van der Waals surface area contributed by atoms with Crippen LogP contribution >= 0.6 is 0 Å². The molecule has 0 amide bonds. The number of hydrogen-bond donors (Lipinski definition) is 1. The van der Waals surface area contributed by atoms with Crippen LogP contribution in [0.25, 0.3) is 82.8 Å². The molecule has 0 unspecified atom stereocenters. The third-order valence-electron chi connectivity index (χ3n) is 12.4. The van der Waals surface area contributed by atoms with Crippen LogP contribution in [0, 0.1) is 0 Å². The third-order valence-corrected chi connectivity index (χ3v) is 12.4. The lowest BCUT2D eigenvalue weighted by Gasteiger charge is -2.29. The maximum atomic E-state index is 6.84. The van der Waals surface area contributed by atoms with Crippen LogP contribution in [-0.4, -0.2) is 11.8 Å². The van der Waals surface area contributed by atoms with Crippen molar-refractivity contribution in [3.63, 3.8) is 0 Å². The first-order chi connectivity index (χ1) is 27.0. The van der Waals surface area contributed by atoms with Crippen LogP contribution in [0.5, 0.6) is 0 Å². The lowest BCUT2D eigenvalue weighted by molar-refractivity contribution is 0.643. The van der Waals surface area contributed by atoms with Crippen molar-refractivity contribution in [3.05, 3.63) is 175 Å². The molecule has 0 saturated heterocycles. The van der Waals surface area contributed by atoms with Crippen molar-refractivity contribution < 1.29 is 4.42 Å². The summed E-state index contributed by atoms with van der Waals surface area (Å²) in [6, 6.07) is 59.7. The maximum Gasteiger partial charge on any atom is 0.213 e. The summed E-state index contributed by atoms with van der Waals surface area (Å²) in [6.45, 7) is 4.78. The van der Waals surface area contributed by atoms with Crippen LogP contribution in [0.2, 0.25) is 0 Å². The van der Waals surface area contributed by atoms with Gasteiger partial charge in [0.25, 0.3) is 0 Å². The van der Waals surface area contributed by atoms with Gasteiger partial charge in [-0.05, 0) is 91.6 Å². The fourth-order valence-corrected chi connectivity index (χ4v) is 9.80. The molecule has 0 radical (unpaired) electrons. The van der Waals surface area contributed by atoms with E-state index in [1.165, 1.54) is 88.2 Å². The molecule has 3 nitrogen and oxygen atoms in total. The minimum atomic E-state index is -0.205. The van der Waals surface area contributed by atoms with E-state index in [1.807, 2.05) is 0 Å². The molecule has 2 aromatic heterocycles. The zero-order chi connectivity index (χ0) is 36.4. The molecule has 1 aliphatic carbocycles. The molecule has 12 rings (SSSR count). The Bertz CT molecular complexity index is 3220. The molecule has 1 N–H and O–H groups in total. The van der Waals surface area contributed by atoms with E-state index >= 15 is 0 Å². The number of hydrogen-bond acceptors (Lipinski definition) is 2. The summed E-state index contributed by atoms with van der Waals surface area (Å²) in [6.07, 6.45) is 0. The number of nitrogens with one attached hydrogen (secondary N) is 1. The molecule has 0 atom stereocenters. The Morgan fingerprint density at radius 1 is 0.582 bits per heavy atom. The summed E-state index contributed by atoms with van der Waals surface area (Å²) in [5.41, 5.74) is 19.2. The van der Waals surface area contributed by atoms with E-state index in [9.17, 15) is 0 Å². The largest absolute Gasteiger partial charge is 0.439 e. The molecule has 10 aromatic rings. The van der Waals surface area contributed by atoms with Crippen LogP contribution in [0.1, 0.15) is 25.0 Å². The summed E-state index contributed by atoms with van der Waals surface area (Å²) in [4.78, 5) is 0. The van der Waals surface area contributed by atoms with Crippen LogP contribution < -0.4 is 16.2 Å². The molecule has 3 heterocycles. The van der Waals surface area contributed by atoms with Gasteiger partial charge in [0.1, 0.15) is 5.58 Å². The van der Waals surface area contributed by atoms with Crippen LogP contribution in [0.4, 0.5) is 11.4 Å². The third kappa shape index (κ3) is 4.28. The number of aromatic nitrogens is 1. The molecule has 1 aliphatic heterocycles. The lowest BCUT2D eigenvalue weighted by Crippen LogP contribution is -2.38. The number of fused-ring (bicyclic) bond motifs is 11. The molecule has 8 aromatic carbocycles. The maximum absolute atomic E-state index is 6.84. The highest BCUT2D eigenvalue weighted by atomic mass is 16.3. The van der Waals surface area contributed by atoms with E-state index in [4.69, 9.17) is 4.42 Å². The van der Waals surface area contributed by atoms with Gasteiger partial charge in [0, 0.05) is 38.8 Å². The Hall–Kier alpha value is -6.78. The SMILES string of the molecule is CC1(C)c2ccccc2-c2c1cc1c(c2-c2cc3ccccc3cc2Nc2ccc(-c3ccccc3)cc2)Bc2cccc3c4c5ccccc5oc4n-1c23. The molecule has 0 saturated carbocycles. The van der Waals surface area contributed by atoms with Gasteiger partial charge in [-0.25, -0.2) is 0 Å². The van der Waals surface area contributed by atoms with E-state index in [0.29, 0.717) is 0 Å². The number of para-hydroxylation sites is 2. The van der Waals surface area contributed by atoms with Crippen molar-refractivity contribution in [2.24, 2.45) is 0 Å². The molecule has 4 heteroatoms. The van der Waals surface area contributed by atoms with E-state index in [2.05, 4.69) is 188 Å². The van der Waals surface area contributed by atoms with Gasteiger partial charge in [0.15, 0.2) is 7.28 Å². The van der Waals surface area contributed by atoms with Crippen molar-refractivity contribution in [1.82, 2.24) is 4.57 Å². The Morgan fingerprint density at radius 2 is 1.29 bits per heavy atom. The van der Waals surface area contributed by atoms with Crippen LogP contribution in [-0.2, 0) is 5.41 Å². The number of benzene rings is 8. The zero-order valence-electron chi connectivity index (χ0n) is 30.7. The highest BCUT2D eigenvalue weighted by Gasteiger charge is 2.41. The molecule has 0 fully saturated rings. The van der Waals surface area contributed by atoms with Crippen molar-refractivity contribution in [3.8, 4) is 39.1 Å². The monoisotopic (exact) mass is 702 g/mol. The first-order valence-electron chi connectivity index (χ1n) is 19.2. The smallest absolute Gasteiger partial charge is 0.213 e. The first kappa shape index (κ1) is 30.7. The predicted molar refractivity (Wildman–Crippen MR) is 233 cm³/mol. The van der Waals surface area contributed by atoms with Crippen molar-refractivity contribution >= 4 is 73.3 Å². The Morgan fingerprint density at radius 3 is 2.15 bits per heavy atom. The fraction of sp³-hybridized carbons (Fsp3) is 0.0588. The first-order valence-corrected chi connectivity index (χ1v) is 19.2. The van der Waals surface area contributed by atoms with Crippen molar-refractivity contribution in [2.75, 3.05) is 5.32 Å². The van der Waals surface area contributed by atoms with Crippen LogP contribution in [0.3, 0.4) is 0 Å². The summed E-state index contributed by atoms with van der Waals surface area (Å²) >= 11 is 0. The average molecular weight is 703 g/mol. The number of rotatable bonds is 4. The van der Waals surface area contributed by atoms with Gasteiger partial charge in [-0.2, -0.15) is 0 Å².